The number of rotatable bonds is 4. The number of piperazine rings is 1. The summed E-state index contributed by atoms with van der Waals surface area (Å²) in [6, 6.07) is 11.7. The molecule has 0 radical (unpaired) electrons. The van der Waals surface area contributed by atoms with Gasteiger partial charge in [-0.05, 0) is 31.2 Å². The van der Waals surface area contributed by atoms with Crippen LogP contribution in [0.4, 0.5) is 30.8 Å². The quantitative estimate of drug-likeness (QED) is 0.493. The highest BCUT2D eigenvalue weighted by Crippen LogP contribution is 2.36. The summed E-state index contributed by atoms with van der Waals surface area (Å²) in [5.74, 6) is 1.29. The zero-order valence-corrected chi connectivity index (χ0v) is 20.5. The number of hydrogen-bond donors (Lipinski definition) is 0. The molecule has 0 N–H and O–H groups in total. The SMILES string of the molecule is CC1CN(c2ncccc2C(F)(F)F)CCN1c1cc(-c2cccc(Cl)c2)nc(N2CCOCC2)n1. The molecular formula is C25H26ClF3N6O. The van der Waals surface area contributed by atoms with E-state index in [-0.39, 0.29) is 11.9 Å². The first-order valence-corrected chi connectivity index (χ1v) is 12.2. The average molecular weight is 519 g/mol. The van der Waals surface area contributed by atoms with Crippen LogP contribution in [0.3, 0.4) is 0 Å². The Kier molecular flexibility index (Phi) is 6.90. The molecular weight excluding hydrogens is 493 g/mol. The Balaban J connectivity index is 1.46. The smallest absolute Gasteiger partial charge is 0.378 e. The Morgan fingerprint density at radius 3 is 2.50 bits per heavy atom. The molecule has 0 amide bonds. The van der Waals surface area contributed by atoms with E-state index in [0.717, 1.165) is 23.1 Å². The highest BCUT2D eigenvalue weighted by Gasteiger charge is 2.37. The molecule has 1 unspecified atom stereocenters. The van der Waals surface area contributed by atoms with Crippen molar-refractivity contribution in [2.75, 3.05) is 60.6 Å². The van der Waals surface area contributed by atoms with E-state index in [9.17, 15) is 13.2 Å². The van der Waals surface area contributed by atoms with Crippen LogP contribution < -0.4 is 14.7 Å². The highest BCUT2D eigenvalue weighted by atomic mass is 35.5. The summed E-state index contributed by atoms with van der Waals surface area (Å²) in [5.41, 5.74) is 0.892. The summed E-state index contributed by atoms with van der Waals surface area (Å²) in [7, 11) is 0. The average Bonchev–Trinajstić information content (AvgIpc) is 2.88. The first-order valence-electron chi connectivity index (χ1n) is 11.8. The van der Waals surface area contributed by atoms with Crippen LogP contribution in [-0.2, 0) is 10.9 Å². The van der Waals surface area contributed by atoms with Crippen molar-refractivity contribution in [2.24, 2.45) is 0 Å². The lowest BCUT2D eigenvalue weighted by atomic mass is 10.1. The van der Waals surface area contributed by atoms with Gasteiger partial charge in [0.05, 0.1) is 24.5 Å². The van der Waals surface area contributed by atoms with Gasteiger partial charge in [0.25, 0.3) is 0 Å². The van der Waals surface area contributed by atoms with E-state index in [2.05, 4.69) is 14.8 Å². The minimum atomic E-state index is -4.46. The molecule has 1 aromatic carbocycles. The van der Waals surface area contributed by atoms with E-state index >= 15 is 0 Å². The summed E-state index contributed by atoms with van der Waals surface area (Å²) in [5, 5.41) is 0.610. The van der Waals surface area contributed by atoms with Gasteiger partial charge < -0.3 is 19.4 Å². The molecule has 1 atom stereocenters. The van der Waals surface area contributed by atoms with Gasteiger partial charge in [-0.1, -0.05) is 23.7 Å². The second kappa shape index (κ2) is 10.1. The van der Waals surface area contributed by atoms with Gasteiger partial charge in [0.2, 0.25) is 5.95 Å². The molecule has 190 valence electrons. The lowest BCUT2D eigenvalue weighted by Gasteiger charge is -2.42. The van der Waals surface area contributed by atoms with E-state index in [1.165, 1.54) is 12.3 Å². The van der Waals surface area contributed by atoms with Crippen LogP contribution in [0.1, 0.15) is 12.5 Å². The van der Waals surface area contributed by atoms with Gasteiger partial charge in [0.15, 0.2) is 0 Å². The van der Waals surface area contributed by atoms with Crippen LogP contribution in [0.25, 0.3) is 11.3 Å². The monoisotopic (exact) mass is 518 g/mol. The second-order valence-corrected chi connectivity index (χ2v) is 9.32. The van der Waals surface area contributed by atoms with E-state index in [4.69, 9.17) is 26.3 Å². The molecule has 0 saturated carbocycles. The topological polar surface area (TPSA) is 57.6 Å². The first-order chi connectivity index (χ1) is 17.3. The fourth-order valence-corrected chi connectivity index (χ4v) is 4.82. The maximum atomic E-state index is 13.6. The van der Waals surface area contributed by atoms with Gasteiger partial charge in [-0.15, -0.1) is 0 Å². The minimum absolute atomic E-state index is 0.0344. The third-order valence-corrected chi connectivity index (χ3v) is 6.66. The molecule has 2 aliphatic heterocycles. The molecule has 11 heteroatoms. The van der Waals surface area contributed by atoms with E-state index < -0.39 is 11.7 Å². The summed E-state index contributed by atoms with van der Waals surface area (Å²) in [6.45, 7) is 5.80. The van der Waals surface area contributed by atoms with Crippen molar-refractivity contribution in [1.82, 2.24) is 15.0 Å². The lowest BCUT2D eigenvalue weighted by Crippen LogP contribution is -2.53. The van der Waals surface area contributed by atoms with Gasteiger partial charge in [-0.3, -0.25) is 0 Å². The third-order valence-electron chi connectivity index (χ3n) is 6.43. The summed E-state index contributed by atoms with van der Waals surface area (Å²) in [6.07, 6.45) is -3.06. The predicted molar refractivity (Wildman–Crippen MR) is 134 cm³/mol. The zero-order chi connectivity index (χ0) is 25.3. The molecule has 2 saturated heterocycles. The molecule has 4 heterocycles. The molecule has 0 bridgehead atoms. The van der Waals surface area contributed by atoms with Crippen LogP contribution in [0.2, 0.25) is 5.02 Å². The molecule has 3 aromatic rings. The lowest BCUT2D eigenvalue weighted by molar-refractivity contribution is -0.137. The minimum Gasteiger partial charge on any atom is -0.378 e. The molecule has 2 aliphatic rings. The molecule has 7 nitrogen and oxygen atoms in total. The molecule has 0 aliphatic carbocycles. The molecule has 5 rings (SSSR count). The fourth-order valence-electron chi connectivity index (χ4n) is 4.63. The number of benzene rings is 1. The Labute approximate surface area is 212 Å². The Hall–Kier alpha value is -3.11. The van der Waals surface area contributed by atoms with Crippen LogP contribution in [-0.4, -0.2) is 66.9 Å². The van der Waals surface area contributed by atoms with Crippen LogP contribution >= 0.6 is 11.6 Å². The maximum Gasteiger partial charge on any atom is 0.419 e. The van der Waals surface area contributed by atoms with Gasteiger partial charge in [-0.25, -0.2) is 9.97 Å². The second-order valence-electron chi connectivity index (χ2n) is 8.88. The summed E-state index contributed by atoms with van der Waals surface area (Å²) in [4.78, 5) is 19.7. The van der Waals surface area contributed by atoms with Gasteiger partial charge in [0.1, 0.15) is 11.6 Å². The third kappa shape index (κ3) is 5.19. The number of ether oxygens (including phenoxy) is 1. The highest BCUT2D eigenvalue weighted by molar-refractivity contribution is 6.30. The molecule has 0 spiro atoms. The normalized spacial score (nSPS) is 19.0. The predicted octanol–water partition coefficient (Wildman–Crippen LogP) is 4.76. The van der Waals surface area contributed by atoms with Crippen molar-refractivity contribution < 1.29 is 17.9 Å². The standard InChI is InChI=1S/C25H26ClF3N6O/c1-17-16-34(23-20(25(27,28)29)6-3-7-30-23)8-9-35(17)22-15-21(18-4-2-5-19(26)14-18)31-24(32-22)33-10-12-36-13-11-33/h2-7,14-15,17H,8-13,16H2,1H3. The van der Waals surface area contributed by atoms with Crippen molar-refractivity contribution in [3.63, 3.8) is 0 Å². The van der Waals surface area contributed by atoms with Crippen LogP contribution in [0.5, 0.6) is 0 Å². The van der Waals surface area contributed by atoms with Crippen molar-refractivity contribution in [2.45, 2.75) is 19.1 Å². The number of halogens is 4. The number of alkyl halides is 3. The fraction of sp³-hybridized carbons (Fsp3) is 0.400. The van der Waals surface area contributed by atoms with Crippen LogP contribution in [0.15, 0.2) is 48.7 Å². The summed E-state index contributed by atoms with van der Waals surface area (Å²) >= 11 is 6.24. The Morgan fingerprint density at radius 1 is 0.972 bits per heavy atom. The number of pyridine rings is 1. The number of anilines is 3. The van der Waals surface area contributed by atoms with Gasteiger partial charge in [0, 0.05) is 61.6 Å². The first kappa shape index (κ1) is 24.6. The largest absolute Gasteiger partial charge is 0.419 e. The van der Waals surface area contributed by atoms with E-state index in [1.807, 2.05) is 37.3 Å². The van der Waals surface area contributed by atoms with Crippen molar-refractivity contribution >= 4 is 29.2 Å². The molecule has 2 fully saturated rings. The summed E-state index contributed by atoms with van der Waals surface area (Å²) < 4.78 is 46.2. The van der Waals surface area contributed by atoms with Gasteiger partial charge in [-0.2, -0.15) is 18.2 Å². The number of hydrogen-bond acceptors (Lipinski definition) is 7. The van der Waals surface area contributed by atoms with Crippen molar-refractivity contribution in [3.8, 4) is 11.3 Å². The molecule has 2 aromatic heterocycles. The zero-order valence-electron chi connectivity index (χ0n) is 19.7. The Morgan fingerprint density at radius 2 is 1.78 bits per heavy atom. The maximum absolute atomic E-state index is 13.6. The number of aromatic nitrogens is 3. The van der Waals surface area contributed by atoms with Crippen LogP contribution in [0, 0.1) is 0 Å². The van der Waals surface area contributed by atoms with Gasteiger partial charge >= 0.3 is 6.18 Å². The van der Waals surface area contributed by atoms with E-state index in [1.54, 1.807) is 4.90 Å². The number of morpholine rings is 1. The van der Waals surface area contributed by atoms with Crippen molar-refractivity contribution in [3.05, 3.63) is 59.2 Å². The number of nitrogens with zero attached hydrogens (tertiary/aromatic N) is 6. The molecule has 36 heavy (non-hydrogen) atoms. The Bertz CT molecular complexity index is 1220. The van der Waals surface area contributed by atoms with E-state index in [0.29, 0.717) is 56.9 Å². The van der Waals surface area contributed by atoms with Crippen molar-refractivity contribution in [1.29, 1.82) is 0 Å².